The van der Waals surface area contributed by atoms with Gasteiger partial charge in [-0.3, -0.25) is 4.79 Å². The first-order valence-electron chi connectivity index (χ1n) is 15.7. The van der Waals surface area contributed by atoms with E-state index in [0.717, 1.165) is 33.2 Å². The van der Waals surface area contributed by atoms with Gasteiger partial charge in [0, 0.05) is 49.6 Å². The van der Waals surface area contributed by atoms with Gasteiger partial charge in [-0.25, -0.2) is 0 Å². The Bertz CT molecular complexity index is 1800. The van der Waals surface area contributed by atoms with Crippen LogP contribution in [-0.4, -0.2) is 15.9 Å². The molecule has 0 saturated heterocycles. The van der Waals surface area contributed by atoms with Gasteiger partial charge in [-0.1, -0.05) is 109 Å². The minimum atomic E-state index is -0.0316. The zero-order chi connectivity index (χ0) is 30.9. The van der Waals surface area contributed by atoms with Gasteiger partial charge in [0.1, 0.15) is 5.58 Å². The van der Waals surface area contributed by atoms with E-state index in [1.165, 1.54) is 53.7 Å². The Kier molecular flexibility index (Phi) is 10.5. The van der Waals surface area contributed by atoms with Gasteiger partial charge in [-0.05, 0) is 58.3 Å². The molecule has 233 valence electrons. The number of ketones is 1. The Morgan fingerprint density at radius 2 is 1.66 bits per heavy atom. The Labute approximate surface area is 275 Å². The van der Waals surface area contributed by atoms with E-state index in [-0.39, 0.29) is 48.9 Å². The number of para-hydroxylation sites is 1. The smallest absolute Gasteiger partial charge is 0.161 e. The molecule has 1 saturated carbocycles. The van der Waals surface area contributed by atoms with Crippen molar-refractivity contribution in [2.75, 3.05) is 0 Å². The van der Waals surface area contributed by atoms with Crippen LogP contribution in [0.3, 0.4) is 0 Å². The first-order chi connectivity index (χ1) is 20.4. The molecule has 1 N–H and O–H groups in total. The van der Waals surface area contributed by atoms with E-state index in [1.807, 2.05) is 46.0 Å². The Morgan fingerprint density at radius 3 is 2.32 bits per heavy atom. The summed E-state index contributed by atoms with van der Waals surface area (Å²) in [4.78, 5) is 15.9. The van der Waals surface area contributed by atoms with Crippen molar-refractivity contribution in [2.45, 2.75) is 85.5 Å². The predicted octanol–water partition coefficient (Wildman–Crippen LogP) is 10.9. The van der Waals surface area contributed by atoms with Crippen LogP contribution in [0.15, 0.2) is 77.0 Å². The summed E-state index contributed by atoms with van der Waals surface area (Å²) in [6, 6.07) is 23.3. The summed E-state index contributed by atoms with van der Waals surface area (Å²) in [5, 5.41) is 13.9. The van der Waals surface area contributed by atoms with Crippen LogP contribution in [0.2, 0.25) is 0 Å². The fraction of sp³-hybridized carbons (Fsp3) is 0.385. The molecule has 3 aromatic carbocycles. The van der Waals surface area contributed by atoms with Gasteiger partial charge in [-0.15, -0.1) is 17.7 Å². The van der Waals surface area contributed by atoms with Gasteiger partial charge in [0.15, 0.2) is 5.78 Å². The number of aromatic nitrogens is 1. The summed E-state index contributed by atoms with van der Waals surface area (Å²) < 4.78 is 6.39. The maximum Gasteiger partial charge on any atom is 0.161 e. The van der Waals surface area contributed by atoms with Crippen LogP contribution in [0.25, 0.3) is 44.0 Å². The molecule has 1 fully saturated rings. The third kappa shape index (κ3) is 7.16. The molecule has 1 aliphatic rings. The molecule has 1 radical (unpaired) electrons. The number of nitrogens with zero attached hydrogens (tertiary/aromatic N) is 1. The Balaban J connectivity index is 0.000000318. The number of hydrogen-bond donors (Lipinski definition) is 1. The minimum absolute atomic E-state index is 0. The summed E-state index contributed by atoms with van der Waals surface area (Å²) >= 11 is 0. The number of rotatable bonds is 5. The summed E-state index contributed by atoms with van der Waals surface area (Å²) in [5.41, 5.74) is 6.31. The fourth-order valence-corrected chi connectivity index (χ4v) is 5.72. The van der Waals surface area contributed by atoms with Gasteiger partial charge < -0.3 is 14.5 Å². The van der Waals surface area contributed by atoms with Gasteiger partial charge in [-0.2, -0.15) is 0 Å². The largest absolute Gasteiger partial charge is 0.512 e. The molecular weight excluding hydrogens is 723 g/mol. The van der Waals surface area contributed by atoms with E-state index < -0.39 is 0 Å². The molecule has 6 rings (SSSR count). The molecule has 5 heteroatoms. The Hall–Kier alpha value is -3.27. The van der Waals surface area contributed by atoms with Crippen LogP contribution in [0.5, 0.6) is 0 Å². The number of pyridine rings is 1. The molecule has 44 heavy (non-hydrogen) atoms. The van der Waals surface area contributed by atoms with E-state index in [9.17, 15) is 9.90 Å². The second-order valence-corrected chi connectivity index (χ2v) is 13.6. The monoisotopic (exact) mass is 767 g/mol. The average molecular weight is 767 g/mol. The number of furan rings is 1. The fourth-order valence-electron chi connectivity index (χ4n) is 5.72. The number of aliphatic hydroxyl groups excluding tert-OH is 1. The van der Waals surface area contributed by atoms with Gasteiger partial charge in [0.25, 0.3) is 0 Å². The van der Waals surface area contributed by atoms with Crippen LogP contribution in [0.4, 0.5) is 0 Å². The van der Waals surface area contributed by atoms with E-state index in [1.54, 1.807) is 0 Å². The van der Waals surface area contributed by atoms with Crippen molar-refractivity contribution in [3.8, 4) is 11.3 Å². The van der Waals surface area contributed by atoms with Crippen molar-refractivity contribution in [1.29, 1.82) is 0 Å². The molecule has 4 nitrogen and oxygen atoms in total. The average Bonchev–Trinajstić information content (AvgIpc) is 3.64. The summed E-state index contributed by atoms with van der Waals surface area (Å²) in [6.45, 7) is 14.0. The van der Waals surface area contributed by atoms with Crippen LogP contribution in [-0.2, 0) is 30.3 Å². The summed E-state index contributed by atoms with van der Waals surface area (Å²) in [6.07, 6.45) is 8.57. The third-order valence-corrected chi connectivity index (χ3v) is 8.52. The number of benzene rings is 3. The number of fused-ring (bicyclic) bond motifs is 4. The number of carbonyl (C=O) groups excluding carboxylic acids is 1. The van der Waals surface area contributed by atoms with Crippen molar-refractivity contribution >= 4 is 38.5 Å². The summed E-state index contributed by atoms with van der Waals surface area (Å²) in [5.74, 6) is 0.863. The quantitative estimate of drug-likeness (QED) is 0.110. The van der Waals surface area contributed by atoms with Gasteiger partial charge >= 0.3 is 0 Å². The minimum Gasteiger partial charge on any atom is -0.512 e. The van der Waals surface area contributed by atoms with Crippen molar-refractivity contribution < 1.29 is 34.4 Å². The van der Waals surface area contributed by atoms with Crippen LogP contribution in [0.1, 0.15) is 91.2 Å². The maximum absolute atomic E-state index is 11.0. The van der Waals surface area contributed by atoms with Crippen LogP contribution in [0, 0.1) is 17.9 Å². The topological polar surface area (TPSA) is 63.3 Å². The second-order valence-electron chi connectivity index (χ2n) is 13.6. The van der Waals surface area contributed by atoms with Crippen molar-refractivity contribution in [3.63, 3.8) is 0 Å². The van der Waals surface area contributed by atoms with E-state index in [4.69, 9.17) is 9.40 Å². The van der Waals surface area contributed by atoms with E-state index >= 15 is 0 Å². The molecule has 0 atom stereocenters. The van der Waals surface area contributed by atoms with Crippen molar-refractivity contribution in [3.05, 3.63) is 89.8 Å². The molecule has 5 aromatic rings. The van der Waals surface area contributed by atoms with Gasteiger partial charge in [0.05, 0.1) is 11.3 Å². The van der Waals surface area contributed by atoms with Crippen LogP contribution < -0.4 is 0 Å². The van der Waals surface area contributed by atoms with Gasteiger partial charge in [0.2, 0.25) is 0 Å². The molecule has 1 aliphatic carbocycles. The Morgan fingerprint density at radius 1 is 0.955 bits per heavy atom. The molecule has 2 heterocycles. The molecule has 0 spiro atoms. The standard InChI is InChI=1S/C30H28NO.C9H16O2.Ir/c1-30(2,3)22-17-25-24-10-6-7-11-27(24)32-29(25)26(18-22)28-23-13-12-20(19-8-4-5-9-19)16-21(23)14-15-31-28;1-6(2)8(10)5-9(11)7(3)4;/h6-7,10-17,19H,4-5,8-9H2,1-3H3;5-7,10H,1-4H3;/q-1;;/b;8-5-;. The van der Waals surface area contributed by atoms with E-state index in [2.05, 4.69) is 69.3 Å². The zero-order valence-electron chi connectivity index (χ0n) is 27.0. The van der Waals surface area contributed by atoms with Crippen LogP contribution >= 0.6 is 0 Å². The van der Waals surface area contributed by atoms with Crippen molar-refractivity contribution in [1.82, 2.24) is 4.98 Å². The number of carbonyl (C=O) groups is 1. The summed E-state index contributed by atoms with van der Waals surface area (Å²) in [7, 11) is 0. The SMILES string of the molecule is CC(C)(C)c1[c-]c(-c2nccc3cc(C4CCCC4)ccc23)c2oc3ccccc3c2c1.CC(C)C(=O)/C=C(\O)C(C)C.[Ir]. The molecule has 0 aliphatic heterocycles. The molecule has 0 bridgehead atoms. The maximum atomic E-state index is 11.0. The second kappa shape index (κ2) is 13.8. The zero-order valence-corrected chi connectivity index (χ0v) is 29.4. The number of aliphatic hydroxyl groups is 1. The molecular formula is C39H44IrNO3-. The van der Waals surface area contributed by atoms with Crippen molar-refractivity contribution in [2.24, 2.45) is 11.8 Å². The first kappa shape index (κ1) is 33.6. The first-order valence-corrected chi connectivity index (χ1v) is 15.7. The molecule has 2 aromatic heterocycles. The number of allylic oxidation sites excluding steroid dienone is 2. The third-order valence-electron chi connectivity index (χ3n) is 8.52. The van der Waals surface area contributed by atoms with E-state index in [0.29, 0.717) is 5.92 Å². The molecule has 0 amide bonds. The number of hydrogen-bond acceptors (Lipinski definition) is 4. The normalized spacial score (nSPS) is 14.3. The molecule has 0 unspecified atom stereocenters. The predicted molar refractivity (Wildman–Crippen MR) is 179 cm³/mol.